The van der Waals surface area contributed by atoms with Gasteiger partial charge in [-0.15, -0.1) is 11.3 Å². The van der Waals surface area contributed by atoms with E-state index in [2.05, 4.69) is 22.5 Å². The molecule has 0 radical (unpaired) electrons. The van der Waals surface area contributed by atoms with Crippen LogP contribution in [0.4, 0.5) is 0 Å². The number of halogens is 1. The second-order valence-corrected chi connectivity index (χ2v) is 5.12. The molecule has 0 aliphatic carbocycles. The summed E-state index contributed by atoms with van der Waals surface area (Å²) in [7, 11) is 0. The van der Waals surface area contributed by atoms with E-state index in [4.69, 9.17) is 11.6 Å². The number of piperazine rings is 1. The van der Waals surface area contributed by atoms with Crippen molar-refractivity contribution in [2.45, 2.75) is 19.5 Å². The zero-order chi connectivity index (χ0) is 9.97. The fourth-order valence-electron chi connectivity index (χ4n) is 1.74. The number of nitrogens with zero attached hydrogens (tertiary/aromatic N) is 1. The summed E-state index contributed by atoms with van der Waals surface area (Å²) >= 11 is 7.83. The van der Waals surface area contributed by atoms with Gasteiger partial charge in [-0.2, -0.15) is 0 Å². The third-order valence-electron chi connectivity index (χ3n) is 2.68. The Hall–Kier alpha value is -0.0900. The summed E-state index contributed by atoms with van der Waals surface area (Å²) in [4.78, 5) is 3.77. The summed E-state index contributed by atoms with van der Waals surface area (Å²) in [6, 6.07) is 2.59. The van der Waals surface area contributed by atoms with Crippen molar-refractivity contribution in [2.75, 3.05) is 19.6 Å². The molecule has 0 saturated carbocycles. The fraction of sp³-hybridized carbons (Fsp3) is 0.600. The van der Waals surface area contributed by atoms with E-state index >= 15 is 0 Å². The molecule has 78 valence electrons. The monoisotopic (exact) mass is 230 g/mol. The Morgan fingerprint density at radius 3 is 3.21 bits per heavy atom. The van der Waals surface area contributed by atoms with Crippen LogP contribution >= 0.6 is 22.9 Å². The molecule has 14 heavy (non-hydrogen) atoms. The maximum atomic E-state index is 6.07. The first-order valence-electron chi connectivity index (χ1n) is 4.94. The van der Waals surface area contributed by atoms with Crippen LogP contribution in [0.15, 0.2) is 11.4 Å². The third-order valence-corrected chi connectivity index (χ3v) is 4.05. The van der Waals surface area contributed by atoms with Crippen LogP contribution in [0.2, 0.25) is 5.02 Å². The van der Waals surface area contributed by atoms with Crippen molar-refractivity contribution in [3.05, 3.63) is 21.3 Å². The van der Waals surface area contributed by atoms with E-state index in [0.29, 0.717) is 6.04 Å². The Balaban J connectivity index is 1.99. The normalized spacial score (nSPS) is 24.0. The van der Waals surface area contributed by atoms with E-state index in [-0.39, 0.29) is 0 Å². The van der Waals surface area contributed by atoms with Gasteiger partial charge >= 0.3 is 0 Å². The average Bonchev–Trinajstić information content (AvgIpc) is 2.56. The van der Waals surface area contributed by atoms with Crippen LogP contribution in [0.1, 0.15) is 11.8 Å². The van der Waals surface area contributed by atoms with E-state index in [1.807, 2.05) is 6.07 Å². The summed E-state index contributed by atoms with van der Waals surface area (Å²) in [6.07, 6.45) is 0. The van der Waals surface area contributed by atoms with Crippen LogP contribution in [0.5, 0.6) is 0 Å². The van der Waals surface area contributed by atoms with Gasteiger partial charge in [0, 0.05) is 37.1 Å². The highest BCUT2D eigenvalue weighted by molar-refractivity contribution is 7.10. The first-order chi connectivity index (χ1) is 6.77. The van der Waals surface area contributed by atoms with Crippen molar-refractivity contribution in [1.82, 2.24) is 10.2 Å². The summed E-state index contributed by atoms with van der Waals surface area (Å²) in [6.45, 7) is 6.55. The molecule has 1 aromatic heterocycles. The van der Waals surface area contributed by atoms with Crippen LogP contribution in [-0.4, -0.2) is 30.6 Å². The number of nitrogens with one attached hydrogen (secondary N) is 1. The molecule has 1 aliphatic rings. The van der Waals surface area contributed by atoms with Crippen LogP contribution in [0, 0.1) is 0 Å². The number of rotatable bonds is 2. The van der Waals surface area contributed by atoms with Gasteiger partial charge in [0.25, 0.3) is 0 Å². The second kappa shape index (κ2) is 4.62. The van der Waals surface area contributed by atoms with Crippen molar-refractivity contribution in [1.29, 1.82) is 0 Å². The number of thiophene rings is 1. The molecule has 1 N–H and O–H groups in total. The second-order valence-electron chi connectivity index (χ2n) is 3.72. The standard InChI is InChI=1S/C10H15ClN2S/c1-8-6-12-3-4-13(8)7-10-9(11)2-5-14-10/h2,5,8,12H,3-4,6-7H2,1H3/t8-/m0/s1. The topological polar surface area (TPSA) is 15.3 Å². The Morgan fingerprint density at radius 1 is 1.71 bits per heavy atom. The van der Waals surface area contributed by atoms with Crippen LogP contribution in [0.3, 0.4) is 0 Å². The largest absolute Gasteiger partial charge is 0.314 e. The van der Waals surface area contributed by atoms with Gasteiger partial charge in [0.1, 0.15) is 0 Å². The van der Waals surface area contributed by atoms with E-state index in [0.717, 1.165) is 31.2 Å². The lowest BCUT2D eigenvalue weighted by atomic mass is 10.2. The Kier molecular flexibility index (Phi) is 3.44. The predicted octanol–water partition coefficient (Wildman–Crippen LogP) is 2.20. The van der Waals surface area contributed by atoms with Crippen LogP contribution in [0.25, 0.3) is 0 Å². The molecule has 1 saturated heterocycles. The van der Waals surface area contributed by atoms with Crippen molar-refractivity contribution in [2.24, 2.45) is 0 Å². The minimum atomic E-state index is 0.613. The van der Waals surface area contributed by atoms with E-state index in [1.165, 1.54) is 4.88 Å². The average molecular weight is 231 g/mol. The molecule has 0 spiro atoms. The summed E-state index contributed by atoms with van der Waals surface area (Å²) in [5, 5.41) is 6.36. The molecule has 0 aromatic carbocycles. The van der Waals surface area contributed by atoms with Crippen molar-refractivity contribution in [3.63, 3.8) is 0 Å². The van der Waals surface area contributed by atoms with Gasteiger partial charge in [-0.1, -0.05) is 11.6 Å². The predicted molar refractivity (Wildman–Crippen MR) is 62.1 cm³/mol. The first-order valence-corrected chi connectivity index (χ1v) is 6.20. The molecule has 0 amide bonds. The lowest BCUT2D eigenvalue weighted by Gasteiger charge is -2.33. The molecule has 2 rings (SSSR count). The van der Waals surface area contributed by atoms with Gasteiger partial charge in [-0.25, -0.2) is 0 Å². The van der Waals surface area contributed by atoms with Gasteiger partial charge in [-0.05, 0) is 18.4 Å². The molecular formula is C10H15ClN2S. The molecule has 0 unspecified atom stereocenters. The number of hydrogen-bond acceptors (Lipinski definition) is 3. The SMILES string of the molecule is C[C@H]1CNCCN1Cc1sccc1Cl. The maximum Gasteiger partial charge on any atom is 0.0558 e. The highest BCUT2D eigenvalue weighted by atomic mass is 35.5. The van der Waals surface area contributed by atoms with Crippen molar-refractivity contribution < 1.29 is 0 Å². The molecule has 0 bridgehead atoms. The summed E-state index contributed by atoms with van der Waals surface area (Å²) < 4.78 is 0. The molecule has 2 heterocycles. The van der Waals surface area contributed by atoms with Gasteiger partial charge in [0.05, 0.1) is 5.02 Å². The molecule has 1 fully saturated rings. The van der Waals surface area contributed by atoms with Crippen molar-refractivity contribution >= 4 is 22.9 Å². The Labute approximate surface area is 93.9 Å². The van der Waals surface area contributed by atoms with Crippen molar-refractivity contribution in [3.8, 4) is 0 Å². The van der Waals surface area contributed by atoms with E-state index in [1.54, 1.807) is 11.3 Å². The molecule has 1 atom stereocenters. The Morgan fingerprint density at radius 2 is 2.57 bits per heavy atom. The molecular weight excluding hydrogens is 216 g/mol. The van der Waals surface area contributed by atoms with Crippen LogP contribution < -0.4 is 5.32 Å². The highest BCUT2D eigenvalue weighted by Gasteiger charge is 2.18. The lowest BCUT2D eigenvalue weighted by molar-refractivity contribution is 0.167. The lowest BCUT2D eigenvalue weighted by Crippen LogP contribution is -2.49. The van der Waals surface area contributed by atoms with Crippen LogP contribution in [-0.2, 0) is 6.54 Å². The molecule has 4 heteroatoms. The van der Waals surface area contributed by atoms with E-state index in [9.17, 15) is 0 Å². The van der Waals surface area contributed by atoms with E-state index < -0.39 is 0 Å². The smallest absolute Gasteiger partial charge is 0.0558 e. The third kappa shape index (κ3) is 2.28. The summed E-state index contributed by atoms with van der Waals surface area (Å²) in [5.74, 6) is 0. The number of hydrogen-bond donors (Lipinski definition) is 1. The quantitative estimate of drug-likeness (QED) is 0.838. The first kappa shape index (κ1) is 10.4. The van der Waals surface area contributed by atoms with Gasteiger partial charge in [-0.3, -0.25) is 4.90 Å². The van der Waals surface area contributed by atoms with Gasteiger partial charge < -0.3 is 5.32 Å². The Bertz CT molecular complexity index is 300. The fourth-order valence-corrected chi connectivity index (χ4v) is 2.86. The highest BCUT2D eigenvalue weighted by Crippen LogP contribution is 2.24. The van der Waals surface area contributed by atoms with Gasteiger partial charge in [0.15, 0.2) is 0 Å². The zero-order valence-electron chi connectivity index (χ0n) is 8.29. The minimum Gasteiger partial charge on any atom is -0.314 e. The molecule has 1 aromatic rings. The molecule has 2 nitrogen and oxygen atoms in total. The maximum absolute atomic E-state index is 6.07. The zero-order valence-corrected chi connectivity index (χ0v) is 9.87. The molecule has 1 aliphatic heterocycles. The summed E-state index contributed by atoms with van der Waals surface area (Å²) in [5.41, 5.74) is 0. The minimum absolute atomic E-state index is 0.613. The van der Waals surface area contributed by atoms with Gasteiger partial charge in [0.2, 0.25) is 0 Å².